The van der Waals surface area contributed by atoms with Crippen molar-refractivity contribution in [3.05, 3.63) is 23.8 Å². The van der Waals surface area contributed by atoms with Crippen LogP contribution in [0.4, 0.5) is 0 Å². The van der Waals surface area contributed by atoms with Crippen LogP contribution in [0.25, 0.3) is 0 Å². The van der Waals surface area contributed by atoms with Gasteiger partial charge in [0.1, 0.15) is 0 Å². The van der Waals surface area contributed by atoms with Gasteiger partial charge in [0.25, 0.3) is 0 Å². The third-order valence-electron chi connectivity index (χ3n) is 1.13. The first-order chi connectivity index (χ1) is 5.43. The molecule has 0 spiro atoms. The van der Waals surface area contributed by atoms with Crippen molar-refractivity contribution < 1.29 is 0 Å². The van der Waals surface area contributed by atoms with Gasteiger partial charge in [-0.1, -0.05) is 13.8 Å². The average Bonchev–Trinajstić information content (AvgIpc) is 2.11. The van der Waals surface area contributed by atoms with E-state index in [4.69, 9.17) is 0 Å². The second kappa shape index (κ2) is 7.41. The van der Waals surface area contributed by atoms with Gasteiger partial charge < -0.3 is 0 Å². The molecule has 0 radical (unpaired) electrons. The molecule has 0 atom stereocenters. The van der Waals surface area contributed by atoms with Crippen molar-refractivity contribution in [3.8, 4) is 0 Å². The van der Waals surface area contributed by atoms with E-state index in [0.29, 0.717) is 0 Å². The zero-order valence-corrected chi connectivity index (χ0v) is 7.46. The van der Waals surface area contributed by atoms with E-state index < -0.39 is 0 Å². The van der Waals surface area contributed by atoms with E-state index in [2.05, 4.69) is 10.2 Å². The number of hydrogen-bond donors (Lipinski definition) is 1. The molecule has 0 aliphatic carbocycles. The molecule has 2 nitrogen and oxygen atoms in total. The molecular weight excluding hydrogens is 135 g/mol. The topological polar surface area (TPSA) is 24.9 Å². The number of aromatic nitrogens is 1. The van der Waals surface area contributed by atoms with Gasteiger partial charge in [-0.2, -0.15) is 0 Å². The van der Waals surface area contributed by atoms with Crippen molar-refractivity contribution in [3.63, 3.8) is 0 Å². The van der Waals surface area contributed by atoms with Gasteiger partial charge in [-0.05, 0) is 0 Å². The molecule has 0 aliphatic rings. The van der Waals surface area contributed by atoms with Gasteiger partial charge in [-0.25, -0.2) is 0 Å². The van der Waals surface area contributed by atoms with Crippen LogP contribution in [0, 0.1) is 0 Å². The molecule has 1 aromatic heterocycles. The predicted octanol–water partition coefficient (Wildman–Crippen LogP) is 1.17. The zero-order valence-electron chi connectivity index (χ0n) is 7.46. The fourth-order valence-corrected chi connectivity index (χ4v) is 0.705. The van der Waals surface area contributed by atoms with Crippen molar-refractivity contribution in [2.45, 2.75) is 20.4 Å². The standard InChI is InChI=1S/C6H9BN2.C2H6/c1-8-5-6-2-3-9-7-4-6;1-2/h2-4,8H,5H2,1H3;1-2H3. The molecular formula is C8H15BN2. The van der Waals surface area contributed by atoms with Crippen molar-refractivity contribution >= 4 is 7.05 Å². The Balaban J connectivity index is 0.000000461. The number of nitrogens with one attached hydrogen (secondary N) is 1. The summed E-state index contributed by atoms with van der Waals surface area (Å²) in [5, 5.41) is 3.06. The molecule has 0 unspecified atom stereocenters. The Morgan fingerprint density at radius 3 is 2.73 bits per heavy atom. The average molecular weight is 150 g/mol. The van der Waals surface area contributed by atoms with Crippen molar-refractivity contribution in [2.75, 3.05) is 7.05 Å². The molecule has 60 valence electrons. The van der Waals surface area contributed by atoms with Crippen molar-refractivity contribution in [2.24, 2.45) is 0 Å². The van der Waals surface area contributed by atoms with Crippen molar-refractivity contribution in [1.29, 1.82) is 0 Å². The molecule has 1 rings (SSSR count). The molecule has 11 heavy (non-hydrogen) atoms. The summed E-state index contributed by atoms with van der Waals surface area (Å²) in [5.74, 6) is 2.00. The molecule has 1 heterocycles. The molecule has 0 aliphatic heterocycles. The summed E-state index contributed by atoms with van der Waals surface area (Å²) in [4.78, 5) is 3.90. The van der Waals surface area contributed by atoms with Crippen LogP contribution >= 0.6 is 0 Å². The van der Waals surface area contributed by atoms with E-state index in [1.54, 1.807) is 13.2 Å². The van der Waals surface area contributed by atoms with Gasteiger partial charge in [0.15, 0.2) is 0 Å². The first-order valence-corrected chi connectivity index (χ1v) is 3.97. The maximum absolute atomic E-state index is 3.90. The predicted molar refractivity (Wildman–Crippen MR) is 49.7 cm³/mol. The summed E-state index contributed by atoms with van der Waals surface area (Å²) in [6.45, 7) is 4.92. The SMILES string of the molecule is CC.CNCc1cbncc1. The summed E-state index contributed by atoms with van der Waals surface area (Å²) in [7, 11) is 3.73. The second-order valence-electron chi connectivity index (χ2n) is 1.89. The van der Waals surface area contributed by atoms with Crippen molar-refractivity contribution in [1.82, 2.24) is 10.2 Å². The molecule has 0 bridgehead atoms. The van der Waals surface area contributed by atoms with Gasteiger partial charge in [-0.15, -0.1) is 0 Å². The molecule has 0 aromatic carbocycles. The van der Waals surface area contributed by atoms with Crippen LogP contribution in [0.5, 0.6) is 0 Å². The third-order valence-corrected chi connectivity index (χ3v) is 1.13. The normalized spacial score (nSPS) is 7.91. The minimum absolute atomic E-state index is 0.919. The minimum atomic E-state index is 0.919. The summed E-state index contributed by atoms with van der Waals surface area (Å²) in [6, 6.07) is 2.00. The van der Waals surface area contributed by atoms with Crippen LogP contribution in [0.1, 0.15) is 19.4 Å². The maximum atomic E-state index is 3.90. The first kappa shape index (κ1) is 10.3. The summed E-state index contributed by atoms with van der Waals surface area (Å²) >= 11 is 0. The molecule has 3 heteroatoms. The second-order valence-corrected chi connectivity index (χ2v) is 1.89. The Labute approximate surface area is 69.3 Å². The molecule has 1 N–H and O–H groups in total. The Kier molecular flexibility index (Phi) is 6.94. The molecule has 0 fully saturated rings. The van der Waals surface area contributed by atoms with Crippen LogP contribution < -0.4 is 5.32 Å². The monoisotopic (exact) mass is 150 g/mol. The summed E-state index contributed by atoms with van der Waals surface area (Å²) in [6.07, 6.45) is 1.80. The van der Waals surface area contributed by atoms with E-state index in [9.17, 15) is 0 Å². The first-order valence-electron chi connectivity index (χ1n) is 3.97. The fraction of sp³-hybridized carbons (Fsp3) is 0.500. The summed E-state index contributed by atoms with van der Waals surface area (Å²) < 4.78 is 0. The molecule has 0 saturated heterocycles. The third kappa shape index (κ3) is 4.68. The van der Waals surface area contributed by atoms with E-state index in [1.165, 1.54) is 5.56 Å². The van der Waals surface area contributed by atoms with E-state index >= 15 is 0 Å². The van der Waals surface area contributed by atoms with Crippen LogP contribution in [-0.4, -0.2) is 19.0 Å². The molecule has 0 amide bonds. The van der Waals surface area contributed by atoms with Crippen LogP contribution in [0.3, 0.4) is 0 Å². The Bertz CT molecular complexity index is 165. The van der Waals surface area contributed by atoms with Gasteiger partial charge in [0.05, 0.1) is 0 Å². The zero-order chi connectivity index (χ0) is 8.53. The van der Waals surface area contributed by atoms with Crippen LogP contribution in [-0.2, 0) is 6.54 Å². The molecule has 0 saturated carbocycles. The number of nitrogens with zero attached hydrogens (tertiary/aromatic N) is 1. The van der Waals surface area contributed by atoms with Gasteiger partial charge in [0.2, 0.25) is 0 Å². The number of hydrogen-bond acceptors (Lipinski definition) is 2. The van der Waals surface area contributed by atoms with E-state index in [-0.39, 0.29) is 0 Å². The fourth-order valence-electron chi connectivity index (χ4n) is 0.705. The quantitative estimate of drug-likeness (QED) is 0.684. The van der Waals surface area contributed by atoms with Gasteiger partial charge in [0, 0.05) is 0 Å². The Morgan fingerprint density at radius 1 is 1.55 bits per heavy atom. The molecule has 1 aromatic rings. The van der Waals surface area contributed by atoms with Gasteiger partial charge >= 0.3 is 54.6 Å². The Morgan fingerprint density at radius 2 is 2.27 bits per heavy atom. The van der Waals surface area contributed by atoms with E-state index in [1.807, 2.05) is 32.9 Å². The Hall–Kier alpha value is -0.695. The van der Waals surface area contributed by atoms with Crippen LogP contribution in [0.15, 0.2) is 18.2 Å². The van der Waals surface area contributed by atoms with Crippen LogP contribution in [0.2, 0.25) is 0 Å². The van der Waals surface area contributed by atoms with E-state index in [0.717, 1.165) is 6.54 Å². The summed E-state index contributed by atoms with van der Waals surface area (Å²) in [5.41, 5.74) is 1.27. The number of rotatable bonds is 2. The van der Waals surface area contributed by atoms with Gasteiger partial charge in [-0.3, -0.25) is 0 Å².